The molecule has 6 heteroatoms. The summed E-state index contributed by atoms with van der Waals surface area (Å²) in [6, 6.07) is 3.51. The van der Waals surface area contributed by atoms with Crippen LogP contribution in [0.3, 0.4) is 0 Å². The Hall–Kier alpha value is -0.970. The molecule has 1 aromatic rings. The maximum atomic E-state index is 11.9. The van der Waals surface area contributed by atoms with Crippen molar-refractivity contribution in [1.29, 1.82) is 0 Å². The Balaban J connectivity index is 2.51. The highest BCUT2D eigenvalue weighted by Crippen LogP contribution is 2.21. The molecule has 0 aliphatic carbocycles. The van der Waals surface area contributed by atoms with Gasteiger partial charge < -0.3 is 4.74 Å². The third kappa shape index (κ3) is 5.58. The molecule has 0 fully saturated rings. The average molecular weight is 282 g/mol. The van der Waals surface area contributed by atoms with Crippen LogP contribution >= 0.6 is 11.6 Å². The number of aromatic nitrogens is 1. The quantitative estimate of drug-likeness (QED) is 0.578. The molecule has 18 heavy (non-hydrogen) atoms. The molecule has 0 aromatic carbocycles. The summed E-state index contributed by atoms with van der Waals surface area (Å²) in [6.45, 7) is 1.94. The number of halogens is 4. The molecule has 0 unspecified atom stereocenters. The zero-order valence-corrected chi connectivity index (χ0v) is 10.8. The first-order chi connectivity index (χ1) is 8.44. The van der Waals surface area contributed by atoms with E-state index in [1.807, 2.05) is 13.0 Å². The summed E-state index contributed by atoms with van der Waals surface area (Å²) >= 11 is 5.72. The Bertz CT molecular complexity index is 360. The SMILES string of the molecule is CCc1cc(CCl)cc(OCCCC(F)(F)F)n1. The Morgan fingerprint density at radius 2 is 2.06 bits per heavy atom. The van der Waals surface area contributed by atoms with Crippen molar-refractivity contribution in [3.8, 4) is 5.88 Å². The number of aryl methyl sites for hydroxylation is 1. The smallest absolute Gasteiger partial charge is 0.389 e. The third-order valence-corrected chi connectivity index (χ3v) is 2.59. The summed E-state index contributed by atoms with van der Waals surface area (Å²) in [7, 11) is 0. The Kier molecular flexibility index (Phi) is 5.72. The molecule has 0 saturated carbocycles. The van der Waals surface area contributed by atoms with Gasteiger partial charge in [-0.05, 0) is 24.5 Å². The molecule has 1 rings (SSSR count). The van der Waals surface area contributed by atoms with Crippen LogP contribution in [0.5, 0.6) is 5.88 Å². The van der Waals surface area contributed by atoms with Gasteiger partial charge >= 0.3 is 6.18 Å². The molecule has 0 N–H and O–H groups in total. The van der Waals surface area contributed by atoms with Crippen LogP contribution in [-0.4, -0.2) is 17.8 Å². The van der Waals surface area contributed by atoms with E-state index in [-0.39, 0.29) is 13.0 Å². The molecule has 0 amide bonds. The van der Waals surface area contributed by atoms with E-state index in [0.717, 1.165) is 17.7 Å². The standard InChI is InChI=1S/C12H15ClF3NO/c1-2-10-6-9(8-13)7-11(17-10)18-5-3-4-12(14,15)16/h6-7H,2-5,8H2,1H3. The summed E-state index contributed by atoms with van der Waals surface area (Å²) in [5.41, 5.74) is 1.67. The fraction of sp³-hybridized carbons (Fsp3) is 0.583. The lowest BCUT2D eigenvalue weighted by atomic mass is 10.2. The Morgan fingerprint density at radius 3 is 2.61 bits per heavy atom. The maximum absolute atomic E-state index is 11.9. The van der Waals surface area contributed by atoms with Gasteiger partial charge in [-0.15, -0.1) is 11.6 Å². The monoisotopic (exact) mass is 281 g/mol. The van der Waals surface area contributed by atoms with E-state index in [2.05, 4.69) is 4.98 Å². The first kappa shape index (κ1) is 15.1. The van der Waals surface area contributed by atoms with Gasteiger partial charge in [0.05, 0.1) is 6.61 Å². The molecule has 1 heterocycles. The molecular weight excluding hydrogens is 267 g/mol. The summed E-state index contributed by atoms with van der Waals surface area (Å²) in [6.07, 6.45) is -4.33. The molecule has 0 saturated heterocycles. The predicted octanol–water partition coefficient (Wildman–Crippen LogP) is 4.10. The van der Waals surface area contributed by atoms with Crippen LogP contribution in [0.2, 0.25) is 0 Å². The van der Waals surface area contributed by atoms with Crippen LogP contribution in [0.15, 0.2) is 12.1 Å². The van der Waals surface area contributed by atoms with Gasteiger partial charge in [-0.1, -0.05) is 6.92 Å². The Morgan fingerprint density at radius 1 is 1.33 bits per heavy atom. The van der Waals surface area contributed by atoms with Gasteiger partial charge in [-0.2, -0.15) is 13.2 Å². The molecule has 0 aliphatic rings. The lowest BCUT2D eigenvalue weighted by Crippen LogP contribution is -2.10. The van der Waals surface area contributed by atoms with Gasteiger partial charge in [0, 0.05) is 24.1 Å². The lowest BCUT2D eigenvalue weighted by Gasteiger charge is -2.09. The number of hydrogen-bond donors (Lipinski definition) is 0. The van der Waals surface area contributed by atoms with Crippen LogP contribution in [0.1, 0.15) is 31.0 Å². The van der Waals surface area contributed by atoms with Gasteiger partial charge in [0.2, 0.25) is 5.88 Å². The van der Waals surface area contributed by atoms with Crippen molar-refractivity contribution in [3.05, 3.63) is 23.4 Å². The van der Waals surface area contributed by atoms with Crippen LogP contribution in [0.25, 0.3) is 0 Å². The fourth-order valence-corrected chi connectivity index (χ4v) is 1.56. The molecule has 0 atom stereocenters. The van der Waals surface area contributed by atoms with Crippen molar-refractivity contribution in [2.75, 3.05) is 6.61 Å². The van der Waals surface area contributed by atoms with Gasteiger partial charge in [0.25, 0.3) is 0 Å². The first-order valence-corrected chi connectivity index (χ1v) is 6.23. The van der Waals surface area contributed by atoms with E-state index in [1.165, 1.54) is 0 Å². The summed E-state index contributed by atoms with van der Waals surface area (Å²) in [5, 5.41) is 0. The third-order valence-electron chi connectivity index (χ3n) is 2.29. The van der Waals surface area contributed by atoms with E-state index in [0.29, 0.717) is 11.8 Å². The van der Waals surface area contributed by atoms with Gasteiger partial charge in [0.15, 0.2) is 0 Å². The summed E-state index contributed by atoms with van der Waals surface area (Å²) < 4.78 is 41.0. The second kappa shape index (κ2) is 6.83. The van der Waals surface area contributed by atoms with Crippen molar-refractivity contribution in [3.63, 3.8) is 0 Å². The largest absolute Gasteiger partial charge is 0.478 e. The van der Waals surface area contributed by atoms with Gasteiger partial charge in [-0.3, -0.25) is 0 Å². The van der Waals surface area contributed by atoms with E-state index in [9.17, 15) is 13.2 Å². The van der Waals surface area contributed by atoms with Crippen molar-refractivity contribution in [2.24, 2.45) is 0 Å². The van der Waals surface area contributed by atoms with E-state index < -0.39 is 12.6 Å². The highest BCUT2D eigenvalue weighted by Gasteiger charge is 2.26. The molecule has 2 nitrogen and oxygen atoms in total. The normalized spacial score (nSPS) is 11.6. The summed E-state index contributed by atoms with van der Waals surface area (Å²) in [5.74, 6) is 0.668. The van der Waals surface area contributed by atoms with E-state index in [4.69, 9.17) is 16.3 Å². The zero-order chi connectivity index (χ0) is 13.6. The number of hydrogen-bond acceptors (Lipinski definition) is 2. The fourth-order valence-electron chi connectivity index (χ4n) is 1.40. The van der Waals surface area contributed by atoms with Crippen molar-refractivity contribution < 1.29 is 17.9 Å². The van der Waals surface area contributed by atoms with E-state index in [1.54, 1.807) is 6.07 Å². The molecule has 0 bridgehead atoms. The highest BCUT2D eigenvalue weighted by atomic mass is 35.5. The minimum absolute atomic E-state index is 0.00139. The van der Waals surface area contributed by atoms with E-state index >= 15 is 0 Å². The Labute approximate surface area is 109 Å². The predicted molar refractivity (Wildman–Crippen MR) is 64.0 cm³/mol. The molecule has 1 aromatic heterocycles. The van der Waals surface area contributed by atoms with Gasteiger partial charge in [-0.25, -0.2) is 4.98 Å². The van der Waals surface area contributed by atoms with Crippen LogP contribution in [0.4, 0.5) is 13.2 Å². The number of pyridine rings is 1. The number of ether oxygens (including phenoxy) is 1. The molecule has 0 spiro atoms. The molecule has 102 valence electrons. The minimum atomic E-state index is -4.14. The molecule has 0 aliphatic heterocycles. The lowest BCUT2D eigenvalue weighted by molar-refractivity contribution is -0.136. The second-order valence-corrected chi connectivity index (χ2v) is 4.13. The highest BCUT2D eigenvalue weighted by molar-refractivity contribution is 6.17. The van der Waals surface area contributed by atoms with Crippen LogP contribution < -0.4 is 4.74 Å². The van der Waals surface area contributed by atoms with Crippen LogP contribution in [-0.2, 0) is 12.3 Å². The first-order valence-electron chi connectivity index (χ1n) is 5.70. The number of alkyl halides is 4. The minimum Gasteiger partial charge on any atom is -0.478 e. The second-order valence-electron chi connectivity index (χ2n) is 3.86. The zero-order valence-electron chi connectivity index (χ0n) is 10.1. The van der Waals surface area contributed by atoms with Crippen molar-refractivity contribution in [1.82, 2.24) is 4.98 Å². The average Bonchev–Trinajstić information content (AvgIpc) is 2.33. The number of rotatable bonds is 6. The van der Waals surface area contributed by atoms with Crippen LogP contribution in [0, 0.1) is 0 Å². The summed E-state index contributed by atoms with van der Waals surface area (Å²) in [4.78, 5) is 4.17. The molecule has 0 radical (unpaired) electrons. The topological polar surface area (TPSA) is 22.1 Å². The maximum Gasteiger partial charge on any atom is 0.389 e. The van der Waals surface area contributed by atoms with Gasteiger partial charge in [0.1, 0.15) is 0 Å². The number of nitrogens with zero attached hydrogens (tertiary/aromatic N) is 1. The molecular formula is C12H15ClF3NO. The van der Waals surface area contributed by atoms with Crippen molar-refractivity contribution >= 4 is 11.6 Å². The van der Waals surface area contributed by atoms with Crippen molar-refractivity contribution in [2.45, 2.75) is 38.2 Å².